The molecule has 0 aromatic rings. The molecule has 0 radical (unpaired) electrons. The van der Waals surface area contributed by atoms with Crippen LogP contribution < -0.4 is 5.73 Å². The highest BCUT2D eigenvalue weighted by molar-refractivity contribution is 4.82. The fraction of sp³-hybridized carbons (Fsp3) is 1.00. The molecule has 0 aromatic carbocycles. The highest BCUT2D eigenvalue weighted by Gasteiger charge is 2.28. The van der Waals surface area contributed by atoms with E-state index in [-0.39, 0.29) is 0 Å². The molecule has 1 atom stereocenters. The Morgan fingerprint density at radius 2 is 1.88 bits per heavy atom. The summed E-state index contributed by atoms with van der Waals surface area (Å²) in [5.74, 6) is 0. The van der Waals surface area contributed by atoms with Crippen molar-refractivity contribution in [2.24, 2.45) is 11.1 Å². The van der Waals surface area contributed by atoms with E-state index in [1.54, 1.807) is 0 Å². The van der Waals surface area contributed by atoms with Crippen molar-refractivity contribution in [1.82, 2.24) is 4.90 Å². The van der Waals surface area contributed by atoms with Crippen molar-refractivity contribution in [2.45, 2.75) is 71.4 Å². The highest BCUT2D eigenvalue weighted by atomic mass is 15.1. The molecule has 1 aliphatic carbocycles. The Morgan fingerprint density at radius 1 is 1.31 bits per heavy atom. The van der Waals surface area contributed by atoms with Crippen LogP contribution in [0.2, 0.25) is 0 Å². The monoisotopic (exact) mass is 226 g/mol. The van der Waals surface area contributed by atoms with Gasteiger partial charge in [-0.1, -0.05) is 13.8 Å². The molecule has 1 saturated carbocycles. The van der Waals surface area contributed by atoms with Crippen molar-refractivity contribution in [3.05, 3.63) is 0 Å². The Balaban J connectivity index is 2.20. The molecule has 1 unspecified atom stereocenters. The second-order valence-electron chi connectivity index (χ2n) is 6.50. The van der Waals surface area contributed by atoms with Gasteiger partial charge >= 0.3 is 0 Å². The molecule has 0 aromatic heterocycles. The van der Waals surface area contributed by atoms with E-state index in [2.05, 4.69) is 32.7 Å². The number of rotatable bonds is 5. The zero-order chi connectivity index (χ0) is 12.2. The third kappa shape index (κ3) is 4.84. The molecule has 1 fully saturated rings. The van der Waals surface area contributed by atoms with Gasteiger partial charge in [-0.05, 0) is 64.5 Å². The molecule has 2 heteroatoms. The minimum atomic E-state index is 0.360. The van der Waals surface area contributed by atoms with Crippen molar-refractivity contribution in [3.8, 4) is 0 Å². The van der Waals surface area contributed by atoms with Gasteiger partial charge in [-0.3, -0.25) is 0 Å². The molecule has 0 heterocycles. The summed E-state index contributed by atoms with van der Waals surface area (Å²) in [6.07, 6.45) is 7.92. The Kier molecular flexibility index (Phi) is 5.26. The summed E-state index contributed by atoms with van der Waals surface area (Å²) in [7, 11) is 2.28. The Labute approximate surface area is 102 Å². The van der Waals surface area contributed by atoms with Crippen LogP contribution in [0.3, 0.4) is 0 Å². The lowest BCUT2D eigenvalue weighted by Gasteiger charge is -2.38. The first-order valence-corrected chi connectivity index (χ1v) is 6.86. The predicted molar refractivity (Wildman–Crippen MR) is 71.6 cm³/mol. The van der Waals surface area contributed by atoms with Crippen LogP contribution >= 0.6 is 0 Å². The fourth-order valence-electron chi connectivity index (χ4n) is 2.67. The summed E-state index contributed by atoms with van der Waals surface area (Å²) in [6, 6.07) is 1.18. The van der Waals surface area contributed by atoms with Gasteiger partial charge in [0.25, 0.3) is 0 Å². The molecule has 1 aliphatic rings. The maximum atomic E-state index is 5.77. The van der Waals surface area contributed by atoms with E-state index in [4.69, 9.17) is 5.73 Å². The summed E-state index contributed by atoms with van der Waals surface area (Å²) < 4.78 is 0. The lowest BCUT2D eigenvalue weighted by molar-refractivity contribution is 0.126. The van der Waals surface area contributed by atoms with Gasteiger partial charge in [-0.2, -0.15) is 0 Å². The van der Waals surface area contributed by atoms with Crippen molar-refractivity contribution in [3.63, 3.8) is 0 Å². The molecule has 2 nitrogen and oxygen atoms in total. The van der Waals surface area contributed by atoms with Gasteiger partial charge in [0.15, 0.2) is 0 Å². The first-order valence-electron chi connectivity index (χ1n) is 6.86. The van der Waals surface area contributed by atoms with Gasteiger partial charge in [0.05, 0.1) is 0 Å². The van der Waals surface area contributed by atoms with Crippen molar-refractivity contribution < 1.29 is 0 Å². The van der Waals surface area contributed by atoms with E-state index in [0.29, 0.717) is 11.5 Å². The highest BCUT2D eigenvalue weighted by Crippen LogP contribution is 2.36. The van der Waals surface area contributed by atoms with E-state index in [0.717, 1.165) is 12.5 Å². The van der Waals surface area contributed by atoms with E-state index in [9.17, 15) is 0 Å². The molecule has 16 heavy (non-hydrogen) atoms. The van der Waals surface area contributed by atoms with Crippen molar-refractivity contribution in [1.29, 1.82) is 0 Å². The Hall–Kier alpha value is -0.0800. The van der Waals surface area contributed by atoms with Gasteiger partial charge in [-0.15, -0.1) is 0 Å². The van der Waals surface area contributed by atoms with E-state index in [1.807, 2.05) is 0 Å². The molecule has 2 N–H and O–H groups in total. The average molecular weight is 226 g/mol. The molecule has 96 valence electrons. The second-order valence-corrected chi connectivity index (χ2v) is 6.50. The van der Waals surface area contributed by atoms with Crippen LogP contribution in [0, 0.1) is 5.41 Å². The topological polar surface area (TPSA) is 29.3 Å². The standard InChI is InChI=1S/C14H30N2/c1-12(15)6-5-11-16(4)13-7-9-14(2,3)10-8-13/h12-13H,5-11,15H2,1-4H3. The van der Waals surface area contributed by atoms with E-state index in [1.165, 1.54) is 38.6 Å². The summed E-state index contributed by atoms with van der Waals surface area (Å²) in [5, 5.41) is 0. The zero-order valence-corrected chi connectivity index (χ0v) is 11.6. The number of nitrogens with zero attached hydrogens (tertiary/aromatic N) is 1. The summed E-state index contributed by atoms with van der Waals surface area (Å²) in [6.45, 7) is 8.12. The van der Waals surface area contributed by atoms with Crippen molar-refractivity contribution >= 4 is 0 Å². The van der Waals surface area contributed by atoms with Crippen LogP contribution in [0.4, 0.5) is 0 Å². The van der Waals surface area contributed by atoms with Crippen LogP contribution in [0.15, 0.2) is 0 Å². The van der Waals surface area contributed by atoms with E-state index >= 15 is 0 Å². The maximum absolute atomic E-state index is 5.77. The summed E-state index contributed by atoms with van der Waals surface area (Å²) in [4.78, 5) is 2.55. The van der Waals surface area contributed by atoms with Crippen molar-refractivity contribution in [2.75, 3.05) is 13.6 Å². The number of nitrogens with two attached hydrogens (primary N) is 1. The summed E-state index contributed by atoms with van der Waals surface area (Å²) in [5.41, 5.74) is 6.36. The van der Waals surface area contributed by atoms with Gasteiger partial charge in [-0.25, -0.2) is 0 Å². The SMILES string of the molecule is CC(N)CCCN(C)C1CCC(C)(C)CC1. The maximum Gasteiger partial charge on any atom is 0.00926 e. The van der Waals surface area contributed by atoms with Crippen LogP contribution in [0.25, 0.3) is 0 Å². The molecule has 1 rings (SSSR count). The minimum Gasteiger partial charge on any atom is -0.328 e. The molecule has 0 saturated heterocycles. The molecular weight excluding hydrogens is 196 g/mol. The van der Waals surface area contributed by atoms with Gasteiger partial charge in [0, 0.05) is 12.1 Å². The van der Waals surface area contributed by atoms with Crippen LogP contribution in [0.5, 0.6) is 0 Å². The van der Waals surface area contributed by atoms with E-state index < -0.39 is 0 Å². The predicted octanol–water partition coefficient (Wildman–Crippen LogP) is 3.01. The van der Waals surface area contributed by atoms with Gasteiger partial charge in [0.2, 0.25) is 0 Å². The minimum absolute atomic E-state index is 0.360. The van der Waals surface area contributed by atoms with Crippen LogP contribution in [0.1, 0.15) is 59.3 Å². The summed E-state index contributed by atoms with van der Waals surface area (Å²) >= 11 is 0. The lowest BCUT2D eigenvalue weighted by atomic mass is 9.75. The number of hydrogen-bond acceptors (Lipinski definition) is 2. The quantitative estimate of drug-likeness (QED) is 0.781. The first kappa shape index (κ1) is 14.0. The average Bonchev–Trinajstić information content (AvgIpc) is 2.16. The zero-order valence-electron chi connectivity index (χ0n) is 11.6. The van der Waals surface area contributed by atoms with Gasteiger partial charge < -0.3 is 10.6 Å². The normalized spacial score (nSPS) is 23.6. The number of hydrogen-bond donors (Lipinski definition) is 1. The third-order valence-corrected chi connectivity index (χ3v) is 4.10. The van der Waals surface area contributed by atoms with Gasteiger partial charge in [0.1, 0.15) is 0 Å². The largest absolute Gasteiger partial charge is 0.328 e. The Bertz CT molecular complexity index is 189. The lowest BCUT2D eigenvalue weighted by Crippen LogP contribution is -2.38. The molecule has 0 spiro atoms. The molecular formula is C14H30N2. The Morgan fingerprint density at radius 3 is 2.38 bits per heavy atom. The van der Waals surface area contributed by atoms with Crippen LogP contribution in [-0.4, -0.2) is 30.6 Å². The molecule has 0 amide bonds. The molecule has 0 bridgehead atoms. The fourth-order valence-corrected chi connectivity index (χ4v) is 2.67. The van der Waals surface area contributed by atoms with Crippen LogP contribution in [-0.2, 0) is 0 Å². The smallest absolute Gasteiger partial charge is 0.00926 e. The second kappa shape index (κ2) is 6.02. The third-order valence-electron chi connectivity index (χ3n) is 4.10. The molecule has 0 aliphatic heterocycles. The first-order chi connectivity index (χ1) is 7.41.